The van der Waals surface area contributed by atoms with Gasteiger partial charge < -0.3 is 5.32 Å². The van der Waals surface area contributed by atoms with Gasteiger partial charge in [0.25, 0.3) is 5.91 Å². The third kappa shape index (κ3) is 4.02. The van der Waals surface area contributed by atoms with Crippen molar-refractivity contribution >= 4 is 5.91 Å². The molecule has 1 aromatic heterocycles. The number of hydrogen-bond acceptors (Lipinski definition) is 2. The summed E-state index contributed by atoms with van der Waals surface area (Å²) in [5.74, 6) is -0.0218. The van der Waals surface area contributed by atoms with Crippen molar-refractivity contribution in [3.8, 4) is 5.69 Å². The SMILES string of the molecule is CCCc1nn(-c2cccc(F)c2)c(CC)c1C(=O)NCC(C)C. The summed E-state index contributed by atoms with van der Waals surface area (Å²) < 4.78 is 15.3. The summed E-state index contributed by atoms with van der Waals surface area (Å²) in [7, 11) is 0. The van der Waals surface area contributed by atoms with Crippen LogP contribution in [-0.2, 0) is 12.8 Å². The minimum absolute atomic E-state index is 0.0911. The van der Waals surface area contributed by atoms with Crippen molar-refractivity contribution in [2.45, 2.75) is 47.0 Å². The summed E-state index contributed by atoms with van der Waals surface area (Å²) in [4.78, 5) is 12.7. The molecule has 0 atom stereocenters. The Morgan fingerprint density at radius 1 is 1.33 bits per heavy atom. The summed E-state index contributed by atoms with van der Waals surface area (Å²) >= 11 is 0. The second-order valence-corrected chi connectivity index (χ2v) is 6.37. The number of aromatic nitrogens is 2. The first-order chi connectivity index (χ1) is 11.5. The predicted molar refractivity (Wildman–Crippen MR) is 94.1 cm³/mol. The van der Waals surface area contributed by atoms with Gasteiger partial charge in [0, 0.05) is 6.54 Å². The number of hydrogen-bond donors (Lipinski definition) is 1. The third-order valence-corrected chi connectivity index (χ3v) is 3.83. The monoisotopic (exact) mass is 331 g/mol. The maximum absolute atomic E-state index is 13.6. The molecule has 2 rings (SSSR count). The summed E-state index contributed by atoms with van der Waals surface area (Å²) in [5, 5.41) is 7.60. The maximum Gasteiger partial charge on any atom is 0.255 e. The number of amides is 1. The van der Waals surface area contributed by atoms with Gasteiger partial charge in [0.15, 0.2) is 0 Å². The van der Waals surface area contributed by atoms with E-state index >= 15 is 0 Å². The van der Waals surface area contributed by atoms with Crippen molar-refractivity contribution in [2.24, 2.45) is 5.92 Å². The van der Waals surface area contributed by atoms with Crippen LogP contribution in [0.4, 0.5) is 4.39 Å². The average molecular weight is 331 g/mol. The smallest absolute Gasteiger partial charge is 0.255 e. The highest BCUT2D eigenvalue weighted by atomic mass is 19.1. The average Bonchev–Trinajstić information content (AvgIpc) is 2.91. The molecule has 2 aromatic rings. The van der Waals surface area contributed by atoms with Crippen LogP contribution in [0.15, 0.2) is 24.3 Å². The first kappa shape index (κ1) is 18.2. The van der Waals surface area contributed by atoms with E-state index in [1.807, 2.05) is 6.92 Å². The fourth-order valence-electron chi connectivity index (χ4n) is 2.71. The fraction of sp³-hybridized carbons (Fsp3) is 0.474. The number of rotatable bonds is 7. The van der Waals surface area contributed by atoms with Crippen molar-refractivity contribution in [3.05, 3.63) is 47.0 Å². The fourth-order valence-corrected chi connectivity index (χ4v) is 2.71. The first-order valence-electron chi connectivity index (χ1n) is 8.62. The highest BCUT2D eigenvalue weighted by Crippen LogP contribution is 2.22. The molecule has 130 valence electrons. The van der Waals surface area contributed by atoms with Gasteiger partial charge >= 0.3 is 0 Å². The van der Waals surface area contributed by atoms with Gasteiger partial charge in [-0.3, -0.25) is 4.79 Å². The normalized spacial score (nSPS) is 11.1. The molecule has 4 nitrogen and oxygen atoms in total. The minimum atomic E-state index is -0.312. The van der Waals surface area contributed by atoms with Crippen LogP contribution in [0, 0.1) is 11.7 Å². The van der Waals surface area contributed by atoms with Crippen molar-refractivity contribution in [2.75, 3.05) is 6.54 Å². The molecule has 0 saturated heterocycles. The van der Waals surface area contributed by atoms with Gasteiger partial charge in [0.05, 0.1) is 22.6 Å². The molecule has 1 amide bonds. The number of nitrogens with zero attached hydrogens (tertiary/aromatic N) is 2. The van der Waals surface area contributed by atoms with E-state index < -0.39 is 0 Å². The van der Waals surface area contributed by atoms with Gasteiger partial charge in [-0.25, -0.2) is 9.07 Å². The molecular formula is C19H26FN3O. The van der Waals surface area contributed by atoms with Crippen LogP contribution >= 0.6 is 0 Å². The molecule has 0 radical (unpaired) electrons. The standard InChI is InChI=1S/C19H26FN3O/c1-5-8-16-18(19(24)21-12-13(3)4)17(6-2)23(22-16)15-10-7-9-14(20)11-15/h7,9-11,13H,5-6,8,12H2,1-4H3,(H,21,24). The summed E-state index contributed by atoms with van der Waals surface area (Å²) in [5.41, 5.74) is 2.89. The Bertz CT molecular complexity index is 707. The molecule has 0 aliphatic heterocycles. The van der Waals surface area contributed by atoms with E-state index in [4.69, 9.17) is 0 Å². The number of aryl methyl sites for hydroxylation is 1. The van der Waals surface area contributed by atoms with Crippen molar-refractivity contribution in [1.82, 2.24) is 15.1 Å². The van der Waals surface area contributed by atoms with Gasteiger partial charge in [-0.05, 0) is 37.0 Å². The Labute approximate surface area is 143 Å². The van der Waals surface area contributed by atoms with Gasteiger partial charge in [0.2, 0.25) is 0 Å². The van der Waals surface area contributed by atoms with Crippen LogP contribution in [0.1, 0.15) is 55.9 Å². The number of halogens is 1. The van der Waals surface area contributed by atoms with E-state index in [9.17, 15) is 9.18 Å². The largest absolute Gasteiger partial charge is 0.352 e. The molecule has 1 aromatic carbocycles. The van der Waals surface area contributed by atoms with Gasteiger partial charge in [0.1, 0.15) is 5.82 Å². The molecule has 0 aliphatic rings. The van der Waals surface area contributed by atoms with Crippen LogP contribution in [0.2, 0.25) is 0 Å². The predicted octanol–water partition coefficient (Wildman–Crippen LogP) is 3.91. The van der Waals surface area contributed by atoms with Crippen molar-refractivity contribution < 1.29 is 9.18 Å². The number of carbonyl (C=O) groups is 1. The molecule has 5 heteroatoms. The molecular weight excluding hydrogens is 305 g/mol. The first-order valence-corrected chi connectivity index (χ1v) is 8.62. The lowest BCUT2D eigenvalue weighted by molar-refractivity contribution is 0.0947. The molecule has 0 unspecified atom stereocenters. The van der Waals surface area contributed by atoms with Crippen LogP contribution in [-0.4, -0.2) is 22.2 Å². The van der Waals surface area contributed by atoms with Crippen LogP contribution in [0.25, 0.3) is 5.69 Å². The summed E-state index contributed by atoms with van der Waals surface area (Å²) in [6.07, 6.45) is 2.27. The molecule has 0 spiro atoms. The molecule has 0 fully saturated rings. The Hall–Kier alpha value is -2.17. The molecule has 24 heavy (non-hydrogen) atoms. The zero-order valence-electron chi connectivity index (χ0n) is 14.9. The Balaban J connectivity index is 2.50. The molecule has 0 saturated carbocycles. The third-order valence-electron chi connectivity index (χ3n) is 3.83. The molecule has 1 N–H and O–H groups in total. The highest BCUT2D eigenvalue weighted by Gasteiger charge is 2.23. The Morgan fingerprint density at radius 3 is 2.67 bits per heavy atom. The van der Waals surface area contributed by atoms with E-state index in [0.29, 0.717) is 30.1 Å². The minimum Gasteiger partial charge on any atom is -0.352 e. The van der Waals surface area contributed by atoms with E-state index in [1.54, 1.807) is 16.8 Å². The van der Waals surface area contributed by atoms with Crippen LogP contribution in [0.5, 0.6) is 0 Å². The quantitative estimate of drug-likeness (QED) is 0.836. The lowest BCUT2D eigenvalue weighted by atomic mass is 10.1. The summed E-state index contributed by atoms with van der Waals surface area (Å²) in [6.45, 7) is 8.79. The van der Waals surface area contributed by atoms with Crippen molar-refractivity contribution in [3.63, 3.8) is 0 Å². The van der Waals surface area contributed by atoms with E-state index in [1.165, 1.54) is 12.1 Å². The number of benzene rings is 1. The van der Waals surface area contributed by atoms with E-state index in [-0.39, 0.29) is 11.7 Å². The highest BCUT2D eigenvalue weighted by molar-refractivity contribution is 5.96. The van der Waals surface area contributed by atoms with Gasteiger partial charge in [-0.2, -0.15) is 5.10 Å². The van der Waals surface area contributed by atoms with Crippen LogP contribution in [0.3, 0.4) is 0 Å². The van der Waals surface area contributed by atoms with E-state index in [2.05, 4.69) is 31.2 Å². The summed E-state index contributed by atoms with van der Waals surface area (Å²) in [6, 6.07) is 6.31. The number of nitrogens with one attached hydrogen (secondary N) is 1. The van der Waals surface area contributed by atoms with Gasteiger partial charge in [-0.1, -0.05) is 40.2 Å². The molecule has 1 heterocycles. The lowest BCUT2D eigenvalue weighted by Crippen LogP contribution is -2.28. The second-order valence-electron chi connectivity index (χ2n) is 6.37. The molecule has 0 aliphatic carbocycles. The topological polar surface area (TPSA) is 46.9 Å². The van der Waals surface area contributed by atoms with Crippen LogP contribution < -0.4 is 5.32 Å². The Morgan fingerprint density at radius 2 is 2.08 bits per heavy atom. The lowest BCUT2D eigenvalue weighted by Gasteiger charge is -2.10. The number of carbonyl (C=O) groups excluding carboxylic acids is 1. The zero-order valence-corrected chi connectivity index (χ0v) is 14.9. The maximum atomic E-state index is 13.6. The second kappa shape index (κ2) is 8.08. The van der Waals surface area contributed by atoms with E-state index in [0.717, 1.165) is 24.2 Å². The van der Waals surface area contributed by atoms with Crippen molar-refractivity contribution in [1.29, 1.82) is 0 Å². The Kier molecular flexibility index (Phi) is 6.12. The zero-order chi connectivity index (χ0) is 17.7. The molecule has 0 bridgehead atoms. The van der Waals surface area contributed by atoms with Gasteiger partial charge in [-0.15, -0.1) is 0 Å².